The highest BCUT2D eigenvalue weighted by atomic mass is 16.7. The highest BCUT2D eigenvalue weighted by Crippen LogP contribution is 2.44. The molecule has 1 heterocycles. The number of rotatable bonds is 4. The van der Waals surface area contributed by atoms with Crippen molar-refractivity contribution >= 4 is 5.96 Å². The highest BCUT2D eigenvalue weighted by Gasteiger charge is 2.34. The van der Waals surface area contributed by atoms with Gasteiger partial charge < -0.3 is 5.32 Å². The standard InChI is InChI=1S/C17H16N4O2/c22-21(23)20-9-8-18-17(20)19-11-16-14-7-6-13(10-15(14)16)12-4-2-1-3-5-12/h1-7,10,16H,8-9,11H2,(H,18,19). The first-order chi connectivity index (χ1) is 11.2. The largest absolute Gasteiger partial charge is 0.351 e. The Bertz CT molecular complexity index is 788. The molecule has 23 heavy (non-hydrogen) atoms. The molecule has 6 nitrogen and oxygen atoms in total. The van der Waals surface area contributed by atoms with Crippen LogP contribution in [0.25, 0.3) is 11.1 Å². The van der Waals surface area contributed by atoms with Gasteiger partial charge in [-0.1, -0.05) is 53.5 Å². The van der Waals surface area contributed by atoms with Crippen molar-refractivity contribution in [2.75, 3.05) is 19.6 Å². The van der Waals surface area contributed by atoms with E-state index in [1.807, 2.05) is 18.2 Å². The van der Waals surface area contributed by atoms with Crippen molar-refractivity contribution in [3.63, 3.8) is 0 Å². The third kappa shape index (κ3) is 2.52. The molecule has 0 spiro atoms. The van der Waals surface area contributed by atoms with Crippen LogP contribution in [0.1, 0.15) is 17.0 Å². The maximum absolute atomic E-state index is 10.9. The maximum Gasteiger partial charge on any atom is 0.257 e. The van der Waals surface area contributed by atoms with E-state index in [2.05, 4.69) is 40.6 Å². The summed E-state index contributed by atoms with van der Waals surface area (Å²) in [6.07, 6.45) is 0. The third-order valence-corrected chi connectivity index (χ3v) is 4.34. The second-order valence-electron chi connectivity index (χ2n) is 5.71. The lowest BCUT2D eigenvalue weighted by atomic mass is 10.1. The molecule has 2 aliphatic rings. The van der Waals surface area contributed by atoms with Crippen LogP contribution in [-0.4, -0.2) is 35.6 Å². The lowest BCUT2D eigenvalue weighted by molar-refractivity contribution is -0.627. The maximum atomic E-state index is 10.9. The second-order valence-corrected chi connectivity index (χ2v) is 5.71. The molecule has 0 radical (unpaired) electrons. The molecule has 2 aromatic carbocycles. The normalized spacial score (nSPS) is 18.3. The van der Waals surface area contributed by atoms with E-state index in [9.17, 15) is 10.1 Å². The zero-order valence-electron chi connectivity index (χ0n) is 12.5. The Morgan fingerprint density at radius 1 is 1.17 bits per heavy atom. The van der Waals surface area contributed by atoms with Crippen molar-refractivity contribution in [3.05, 3.63) is 69.8 Å². The van der Waals surface area contributed by atoms with E-state index in [0.717, 1.165) is 5.01 Å². The molecular formula is C17H16N4O2. The third-order valence-electron chi connectivity index (χ3n) is 4.34. The summed E-state index contributed by atoms with van der Waals surface area (Å²) in [5, 5.41) is 14.7. The van der Waals surface area contributed by atoms with E-state index in [1.165, 1.54) is 22.3 Å². The van der Waals surface area contributed by atoms with Crippen LogP contribution in [0.2, 0.25) is 0 Å². The Kier molecular flexibility index (Phi) is 3.22. The number of guanidine groups is 1. The smallest absolute Gasteiger partial charge is 0.257 e. The summed E-state index contributed by atoms with van der Waals surface area (Å²) < 4.78 is 0. The fourth-order valence-corrected chi connectivity index (χ4v) is 3.07. The van der Waals surface area contributed by atoms with Gasteiger partial charge in [0, 0.05) is 12.5 Å². The molecule has 1 N–H and O–H groups in total. The Hall–Kier alpha value is -2.89. The van der Waals surface area contributed by atoms with E-state index in [0.29, 0.717) is 31.5 Å². The van der Waals surface area contributed by atoms with Gasteiger partial charge in [-0.3, -0.25) is 0 Å². The van der Waals surface area contributed by atoms with Gasteiger partial charge in [-0.2, -0.15) is 0 Å². The van der Waals surface area contributed by atoms with Crippen molar-refractivity contribution in [3.8, 4) is 11.1 Å². The second kappa shape index (κ2) is 5.39. The van der Waals surface area contributed by atoms with E-state index in [4.69, 9.17) is 0 Å². The van der Waals surface area contributed by atoms with Gasteiger partial charge in [0.2, 0.25) is 0 Å². The van der Waals surface area contributed by atoms with Crippen LogP contribution in [0.4, 0.5) is 0 Å². The minimum absolute atomic E-state index is 0.323. The van der Waals surface area contributed by atoms with Gasteiger partial charge in [0.15, 0.2) is 5.03 Å². The number of hydrogen-bond acceptors (Lipinski definition) is 4. The van der Waals surface area contributed by atoms with Gasteiger partial charge >= 0.3 is 0 Å². The first-order valence-electron chi connectivity index (χ1n) is 7.63. The molecule has 4 rings (SSSR count). The van der Waals surface area contributed by atoms with Gasteiger partial charge in [0.05, 0.1) is 6.54 Å². The van der Waals surface area contributed by atoms with Crippen LogP contribution in [0.3, 0.4) is 0 Å². The summed E-state index contributed by atoms with van der Waals surface area (Å²) >= 11 is 0. The van der Waals surface area contributed by atoms with E-state index in [-0.39, 0.29) is 0 Å². The van der Waals surface area contributed by atoms with Gasteiger partial charge in [-0.05, 0) is 22.3 Å². The summed E-state index contributed by atoms with van der Waals surface area (Å²) in [5.74, 6) is 0.695. The molecule has 0 aromatic heterocycles. The minimum atomic E-state index is -0.410. The highest BCUT2D eigenvalue weighted by molar-refractivity contribution is 5.80. The quantitative estimate of drug-likeness (QED) is 0.694. The molecule has 0 bridgehead atoms. The van der Waals surface area contributed by atoms with Crippen molar-refractivity contribution in [1.29, 1.82) is 0 Å². The first-order valence-corrected chi connectivity index (χ1v) is 7.63. The number of aliphatic imine (C=N–C) groups is 1. The fourth-order valence-electron chi connectivity index (χ4n) is 3.07. The number of nitro groups is 1. The predicted molar refractivity (Wildman–Crippen MR) is 87.7 cm³/mol. The van der Waals surface area contributed by atoms with Crippen LogP contribution in [0.5, 0.6) is 0 Å². The molecular weight excluding hydrogens is 292 g/mol. The molecule has 1 aliphatic heterocycles. The number of nitrogens with zero attached hydrogens (tertiary/aromatic N) is 3. The molecule has 0 fully saturated rings. The van der Waals surface area contributed by atoms with E-state index < -0.39 is 5.03 Å². The zero-order valence-corrected chi connectivity index (χ0v) is 12.5. The SMILES string of the molecule is O=[N+]([O-])N1CCN=C1NCC1c2ccc(-c3ccccc3)cc21. The number of fused-ring (bicyclic) bond motifs is 1. The summed E-state index contributed by atoms with van der Waals surface area (Å²) in [4.78, 5) is 15.1. The number of nitrogens with one attached hydrogen (secondary N) is 1. The molecule has 6 heteroatoms. The molecule has 116 valence electrons. The van der Waals surface area contributed by atoms with Crippen LogP contribution >= 0.6 is 0 Å². The van der Waals surface area contributed by atoms with Crippen LogP contribution in [0, 0.1) is 10.1 Å². The topological polar surface area (TPSA) is 70.8 Å². The van der Waals surface area contributed by atoms with Gasteiger partial charge in [0.25, 0.3) is 5.96 Å². The minimum Gasteiger partial charge on any atom is -0.351 e. The fraction of sp³-hybridized carbons (Fsp3) is 0.235. The molecule has 0 amide bonds. The van der Waals surface area contributed by atoms with Crippen LogP contribution in [-0.2, 0) is 0 Å². The molecule has 1 atom stereocenters. The lowest BCUT2D eigenvalue weighted by Gasteiger charge is -2.10. The van der Waals surface area contributed by atoms with Crippen molar-refractivity contribution in [2.24, 2.45) is 4.99 Å². The van der Waals surface area contributed by atoms with Crippen LogP contribution in [0.15, 0.2) is 53.5 Å². The average Bonchev–Trinajstić information content (AvgIpc) is 3.05. The monoisotopic (exact) mass is 308 g/mol. The lowest BCUT2D eigenvalue weighted by Crippen LogP contribution is -2.42. The summed E-state index contributed by atoms with van der Waals surface area (Å²) in [6.45, 7) is 1.46. The molecule has 0 saturated heterocycles. The van der Waals surface area contributed by atoms with Crippen LogP contribution < -0.4 is 5.32 Å². The first kappa shape index (κ1) is 13.8. The van der Waals surface area contributed by atoms with Gasteiger partial charge in [-0.25, -0.2) is 15.1 Å². The molecule has 0 saturated carbocycles. The molecule has 1 unspecified atom stereocenters. The van der Waals surface area contributed by atoms with E-state index >= 15 is 0 Å². The van der Waals surface area contributed by atoms with Crippen molar-refractivity contribution in [2.45, 2.75) is 5.92 Å². The Morgan fingerprint density at radius 2 is 2.00 bits per heavy atom. The van der Waals surface area contributed by atoms with Crippen molar-refractivity contribution in [1.82, 2.24) is 10.3 Å². The average molecular weight is 308 g/mol. The predicted octanol–water partition coefficient (Wildman–Crippen LogP) is 2.25. The summed E-state index contributed by atoms with van der Waals surface area (Å²) in [6, 6.07) is 16.7. The zero-order chi connectivity index (χ0) is 15.8. The van der Waals surface area contributed by atoms with Crippen molar-refractivity contribution < 1.29 is 5.03 Å². The van der Waals surface area contributed by atoms with Gasteiger partial charge in [0.1, 0.15) is 6.54 Å². The Morgan fingerprint density at radius 3 is 2.78 bits per heavy atom. The molecule has 1 aliphatic carbocycles. The molecule has 2 aromatic rings. The summed E-state index contributed by atoms with van der Waals surface area (Å²) in [5.41, 5.74) is 5.03. The number of hydrazine groups is 1. The van der Waals surface area contributed by atoms with E-state index in [1.54, 1.807) is 0 Å². The number of benzene rings is 2. The van der Waals surface area contributed by atoms with Gasteiger partial charge in [-0.15, -0.1) is 0 Å². The number of hydrogen-bond donors (Lipinski definition) is 1. The Labute approximate surface area is 133 Å². The summed E-state index contributed by atoms with van der Waals surface area (Å²) in [7, 11) is 0. The Balaban J connectivity index is 1.43.